The fourth-order valence-electron chi connectivity index (χ4n) is 1.50. The van der Waals surface area contributed by atoms with Gasteiger partial charge in [0.25, 0.3) is 0 Å². The van der Waals surface area contributed by atoms with Crippen molar-refractivity contribution in [3.05, 3.63) is 34.6 Å². The normalized spacial score (nSPS) is 12.8. The molecule has 1 aromatic carbocycles. The van der Waals surface area contributed by atoms with Crippen molar-refractivity contribution in [3.8, 4) is 0 Å². The average Bonchev–Trinajstić information content (AvgIpc) is 2.27. The SMILES string of the molecule is CCOCCCC(N)c1cc(F)ccc1Cl. The molecule has 0 saturated heterocycles. The molecule has 0 amide bonds. The lowest BCUT2D eigenvalue weighted by Crippen LogP contribution is -2.12. The summed E-state index contributed by atoms with van der Waals surface area (Å²) in [4.78, 5) is 0. The zero-order valence-electron chi connectivity index (χ0n) is 9.38. The Morgan fingerprint density at radius 1 is 1.50 bits per heavy atom. The molecule has 0 aliphatic heterocycles. The quantitative estimate of drug-likeness (QED) is 0.781. The van der Waals surface area contributed by atoms with E-state index in [9.17, 15) is 4.39 Å². The number of ether oxygens (including phenoxy) is 1. The van der Waals surface area contributed by atoms with Gasteiger partial charge in [0.15, 0.2) is 0 Å². The van der Waals surface area contributed by atoms with Crippen LogP contribution in [0.3, 0.4) is 0 Å². The second kappa shape index (κ2) is 6.84. The third kappa shape index (κ3) is 4.08. The molecule has 0 aromatic heterocycles. The molecular formula is C12H17ClFNO. The number of benzene rings is 1. The van der Waals surface area contributed by atoms with Gasteiger partial charge in [-0.05, 0) is 43.5 Å². The van der Waals surface area contributed by atoms with Crippen LogP contribution in [0.1, 0.15) is 31.4 Å². The molecule has 0 radical (unpaired) electrons. The Labute approximate surface area is 101 Å². The highest BCUT2D eigenvalue weighted by atomic mass is 35.5. The summed E-state index contributed by atoms with van der Waals surface area (Å²) in [6, 6.07) is 4.03. The van der Waals surface area contributed by atoms with E-state index in [0.29, 0.717) is 23.8 Å². The Balaban J connectivity index is 2.51. The molecule has 2 nitrogen and oxygen atoms in total. The minimum Gasteiger partial charge on any atom is -0.382 e. The summed E-state index contributed by atoms with van der Waals surface area (Å²) in [6.45, 7) is 3.33. The molecule has 90 valence electrons. The predicted octanol–water partition coefficient (Wildman–Crippen LogP) is 3.30. The van der Waals surface area contributed by atoms with Crippen LogP contribution < -0.4 is 5.73 Å². The maximum absolute atomic E-state index is 13.0. The lowest BCUT2D eigenvalue weighted by Gasteiger charge is -2.13. The van der Waals surface area contributed by atoms with Gasteiger partial charge in [-0.3, -0.25) is 0 Å². The Bertz CT molecular complexity index is 333. The Morgan fingerprint density at radius 3 is 2.94 bits per heavy atom. The highest BCUT2D eigenvalue weighted by molar-refractivity contribution is 6.31. The molecule has 4 heteroatoms. The van der Waals surface area contributed by atoms with Crippen LogP contribution in [0, 0.1) is 5.82 Å². The first kappa shape index (κ1) is 13.4. The van der Waals surface area contributed by atoms with Gasteiger partial charge in [0.1, 0.15) is 5.82 Å². The molecule has 0 saturated carbocycles. The number of hydrogen-bond acceptors (Lipinski definition) is 2. The molecular weight excluding hydrogens is 229 g/mol. The van der Waals surface area contributed by atoms with Crippen molar-refractivity contribution in [2.45, 2.75) is 25.8 Å². The molecule has 1 atom stereocenters. The van der Waals surface area contributed by atoms with Gasteiger partial charge in [0.05, 0.1) is 0 Å². The molecule has 0 aliphatic rings. The summed E-state index contributed by atoms with van der Waals surface area (Å²) >= 11 is 5.95. The van der Waals surface area contributed by atoms with Crippen LogP contribution in [0.25, 0.3) is 0 Å². The van der Waals surface area contributed by atoms with E-state index in [4.69, 9.17) is 22.1 Å². The van der Waals surface area contributed by atoms with Gasteiger partial charge in [-0.15, -0.1) is 0 Å². The van der Waals surface area contributed by atoms with E-state index >= 15 is 0 Å². The van der Waals surface area contributed by atoms with E-state index in [1.807, 2.05) is 6.92 Å². The zero-order valence-corrected chi connectivity index (χ0v) is 10.1. The number of nitrogens with two attached hydrogens (primary N) is 1. The van der Waals surface area contributed by atoms with Crippen molar-refractivity contribution >= 4 is 11.6 Å². The summed E-state index contributed by atoms with van der Waals surface area (Å²) in [5.41, 5.74) is 6.61. The minimum atomic E-state index is -0.306. The highest BCUT2D eigenvalue weighted by Crippen LogP contribution is 2.25. The van der Waals surface area contributed by atoms with Crippen LogP contribution in [0.15, 0.2) is 18.2 Å². The van der Waals surface area contributed by atoms with Gasteiger partial charge in [-0.25, -0.2) is 4.39 Å². The van der Waals surface area contributed by atoms with Crippen molar-refractivity contribution in [3.63, 3.8) is 0 Å². The number of hydrogen-bond donors (Lipinski definition) is 1. The number of halogens is 2. The van der Waals surface area contributed by atoms with E-state index in [1.165, 1.54) is 18.2 Å². The fourth-order valence-corrected chi connectivity index (χ4v) is 1.76. The molecule has 16 heavy (non-hydrogen) atoms. The molecule has 1 rings (SSSR count). The lowest BCUT2D eigenvalue weighted by molar-refractivity contribution is 0.142. The Hall–Kier alpha value is -0.640. The van der Waals surface area contributed by atoms with Gasteiger partial charge in [0.2, 0.25) is 0 Å². The van der Waals surface area contributed by atoms with Crippen molar-refractivity contribution in [2.24, 2.45) is 5.73 Å². The molecule has 1 unspecified atom stereocenters. The monoisotopic (exact) mass is 245 g/mol. The van der Waals surface area contributed by atoms with Gasteiger partial charge in [-0.1, -0.05) is 11.6 Å². The van der Waals surface area contributed by atoms with E-state index in [2.05, 4.69) is 0 Å². The van der Waals surface area contributed by atoms with Crippen molar-refractivity contribution in [1.82, 2.24) is 0 Å². The molecule has 0 bridgehead atoms. The third-order valence-corrected chi connectivity index (χ3v) is 2.71. The van der Waals surface area contributed by atoms with Crippen LogP contribution in [0.2, 0.25) is 5.02 Å². The fraction of sp³-hybridized carbons (Fsp3) is 0.500. The van der Waals surface area contributed by atoms with Gasteiger partial charge >= 0.3 is 0 Å². The first-order valence-electron chi connectivity index (χ1n) is 5.43. The maximum atomic E-state index is 13.0. The summed E-state index contributed by atoms with van der Waals surface area (Å²) in [6.07, 6.45) is 1.59. The smallest absolute Gasteiger partial charge is 0.123 e. The second-order valence-corrected chi connectivity index (χ2v) is 4.02. The Kier molecular flexibility index (Phi) is 5.74. The Morgan fingerprint density at radius 2 is 2.25 bits per heavy atom. The lowest BCUT2D eigenvalue weighted by atomic mass is 10.0. The van der Waals surface area contributed by atoms with Crippen LogP contribution in [0.5, 0.6) is 0 Å². The molecule has 0 heterocycles. The van der Waals surface area contributed by atoms with Crippen LogP contribution in [-0.4, -0.2) is 13.2 Å². The van der Waals surface area contributed by atoms with Gasteiger partial charge in [-0.2, -0.15) is 0 Å². The van der Waals surface area contributed by atoms with E-state index < -0.39 is 0 Å². The third-order valence-electron chi connectivity index (χ3n) is 2.37. The average molecular weight is 246 g/mol. The standard InChI is InChI=1S/C12H17ClFNO/c1-2-16-7-3-4-12(15)10-8-9(14)5-6-11(10)13/h5-6,8,12H,2-4,7,15H2,1H3. The molecule has 2 N–H and O–H groups in total. The molecule has 0 spiro atoms. The molecule has 1 aromatic rings. The first-order chi connectivity index (χ1) is 7.65. The summed E-state index contributed by atoms with van der Waals surface area (Å²) in [7, 11) is 0. The summed E-state index contributed by atoms with van der Waals surface area (Å²) in [5.74, 6) is -0.306. The largest absolute Gasteiger partial charge is 0.382 e. The van der Waals surface area contributed by atoms with Gasteiger partial charge in [0, 0.05) is 24.3 Å². The first-order valence-corrected chi connectivity index (χ1v) is 5.81. The summed E-state index contributed by atoms with van der Waals surface area (Å²) < 4.78 is 18.2. The van der Waals surface area contributed by atoms with E-state index in [-0.39, 0.29) is 11.9 Å². The van der Waals surface area contributed by atoms with Crippen LogP contribution in [-0.2, 0) is 4.74 Å². The second-order valence-electron chi connectivity index (χ2n) is 3.61. The minimum absolute atomic E-state index is 0.233. The van der Waals surface area contributed by atoms with Crippen LogP contribution >= 0.6 is 11.6 Å². The van der Waals surface area contributed by atoms with Crippen LogP contribution in [0.4, 0.5) is 4.39 Å². The van der Waals surface area contributed by atoms with Crippen molar-refractivity contribution < 1.29 is 9.13 Å². The zero-order chi connectivity index (χ0) is 12.0. The number of rotatable bonds is 6. The maximum Gasteiger partial charge on any atom is 0.123 e. The highest BCUT2D eigenvalue weighted by Gasteiger charge is 2.10. The molecule has 0 fully saturated rings. The molecule has 0 aliphatic carbocycles. The van der Waals surface area contributed by atoms with Gasteiger partial charge < -0.3 is 10.5 Å². The van der Waals surface area contributed by atoms with E-state index in [0.717, 1.165) is 12.8 Å². The van der Waals surface area contributed by atoms with Crippen molar-refractivity contribution in [2.75, 3.05) is 13.2 Å². The van der Waals surface area contributed by atoms with E-state index in [1.54, 1.807) is 0 Å². The van der Waals surface area contributed by atoms with Crippen molar-refractivity contribution in [1.29, 1.82) is 0 Å². The summed E-state index contributed by atoms with van der Waals surface area (Å²) in [5, 5.41) is 0.519. The predicted molar refractivity (Wildman–Crippen MR) is 64.1 cm³/mol. The topological polar surface area (TPSA) is 35.2 Å².